The minimum atomic E-state index is -0.786. The van der Waals surface area contributed by atoms with E-state index >= 15 is 0 Å². The van der Waals surface area contributed by atoms with Crippen LogP contribution >= 0.6 is 0 Å². The van der Waals surface area contributed by atoms with Crippen molar-refractivity contribution in [2.45, 2.75) is 0 Å². The van der Waals surface area contributed by atoms with Gasteiger partial charge in [0.1, 0.15) is 23.1 Å². The topological polar surface area (TPSA) is 67.7 Å². The van der Waals surface area contributed by atoms with Gasteiger partial charge in [-0.15, -0.1) is 0 Å². The number of carbonyl (C=O) groups excluding carboxylic acids is 2. The van der Waals surface area contributed by atoms with E-state index < -0.39 is 11.6 Å². The highest BCUT2D eigenvalue weighted by atomic mass is 19.1. The van der Waals surface area contributed by atoms with Crippen LogP contribution in [0.2, 0.25) is 0 Å². The second-order valence-electron chi connectivity index (χ2n) is 7.51. The van der Waals surface area contributed by atoms with E-state index in [9.17, 15) is 18.4 Å². The van der Waals surface area contributed by atoms with E-state index in [1.165, 1.54) is 16.9 Å². The van der Waals surface area contributed by atoms with Crippen molar-refractivity contribution in [3.05, 3.63) is 71.4 Å². The van der Waals surface area contributed by atoms with Gasteiger partial charge in [-0.3, -0.25) is 14.3 Å². The lowest BCUT2D eigenvalue weighted by Gasteiger charge is -2.34. The second-order valence-corrected chi connectivity index (χ2v) is 7.51. The van der Waals surface area contributed by atoms with Gasteiger partial charge in [0.15, 0.2) is 0 Å². The SMILES string of the molecule is COc1cccc(C(=O)N2CCN(C(=O)c3cn(C)nc3-c3ccc(F)cc3F)CC2)c1. The van der Waals surface area contributed by atoms with Crippen molar-refractivity contribution < 1.29 is 23.1 Å². The predicted molar refractivity (Wildman–Crippen MR) is 113 cm³/mol. The van der Waals surface area contributed by atoms with Crippen molar-refractivity contribution in [3.63, 3.8) is 0 Å². The summed E-state index contributed by atoms with van der Waals surface area (Å²) in [6.45, 7) is 1.38. The largest absolute Gasteiger partial charge is 0.497 e. The average Bonchev–Trinajstić information content (AvgIpc) is 3.19. The molecule has 0 aliphatic carbocycles. The summed E-state index contributed by atoms with van der Waals surface area (Å²) in [6, 6.07) is 10.1. The van der Waals surface area contributed by atoms with E-state index in [-0.39, 0.29) is 28.6 Å². The van der Waals surface area contributed by atoms with Gasteiger partial charge in [0, 0.05) is 56.6 Å². The zero-order valence-electron chi connectivity index (χ0n) is 17.7. The molecular weight excluding hydrogens is 418 g/mol. The van der Waals surface area contributed by atoms with Crippen LogP contribution in [-0.2, 0) is 7.05 Å². The predicted octanol–water partition coefficient (Wildman–Crippen LogP) is 2.97. The van der Waals surface area contributed by atoms with Gasteiger partial charge in [-0.05, 0) is 30.3 Å². The standard InChI is InChI=1S/C23H22F2N4O3/c1-27-14-19(21(26-27)18-7-6-16(24)13-20(18)25)23(31)29-10-8-28(9-11-29)22(30)15-4-3-5-17(12-15)32-2/h3-7,12-14H,8-11H2,1-2H3. The maximum atomic E-state index is 14.3. The van der Waals surface area contributed by atoms with Crippen molar-refractivity contribution >= 4 is 11.8 Å². The number of piperazine rings is 1. The molecule has 1 fully saturated rings. The third-order valence-electron chi connectivity index (χ3n) is 5.42. The molecule has 0 N–H and O–H groups in total. The van der Waals surface area contributed by atoms with Crippen LogP contribution in [0.3, 0.4) is 0 Å². The Morgan fingerprint density at radius 3 is 2.31 bits per heavy atom. The van der Waals surface area contributed by atoms with E-state index in [2.05, 4.69) is 5.10 Å². The van der Waals surface area contributed by atoms with E-state index in [1.54, 1.807) is 48.2 Å². The molecule has 3 aromatic rings. The maximum Gasteiger partial charge on any atom is 0.257 e. The zero-order chi connectivity index (χ0) is 22.8. The maximum absolute atomic E-state index is 14.3. The molecule has 0 saturated carbocycles. The third-order valence-corrected chi connectivity index (χ3v) is 5.42. The molecule has 0 radical (unpaired) electrons. The van der Waals surface area contributed by atoms with Crippen LogP contribution in [-0.4, -0.2) is 64.7 Å². The fourth-order valence-electron chi connectivity index (χ4n) is 3.75. The molecule has 4 rings (SSSR count). The molecule has 7 nitrogen and oxygen atoms in total. The van der Waals surface area contributed by atoms with Crippen LogP contribution in [0.5, 0.6) is 5.75 Å². The number of amides is 2. The van der Waals surface area contributed by atoms with Gasteiger partial charge in [-0.2, -0.15) is 5.10 Å². The summed E-state index contributed by atoms with van der Waals surface area (Å²) in [5.74, 6) is -1.34. The van der Waals surface area contributed by atoms with Gasteiger partial charge in [0.25, 0.3) is 11.8 Å². The molecule has 1 aromatic heterocycles. The van der Waals surface area contributed by atoms with Crippen LogP contribution in [0.4, 0.5) is 8.78 Å². The fourth-order valence-corrected chi connectivity index (χ4v) is 3.75. The molecule has 9 heteroatoms. The van der Waals surface area contributed by atoms with Gasteiger partial charge in [-0.25, -0.2) is 8.78 Å². The summed E-state index contributed by atoms with van der Waals surface area (Å²) in [5.41, 5.74) is 0.961. The molecule has 1 saturated heterocycles. The third kappa shape index (κ3) is 4.18. The summed E-state index contributed by atoms with van der Waals surface area (Å²) < 4.78 is 34.2. The average molecular weight is 440 g/mol. The molecule has 166 valence electrons. The molecule has 0 bridgehead atoms. The smallest absolute Gasteiger partial charge is 0.257 e. The van der Waals surface area contributed by atoms with E-state index in [0.29, 0.717) is 37.5 Å². The fraction of sp³-hybridized carbons (Fsp3) is 0.261. The van der Waals surface area contributed by atoms with Gasteiger partial charge in [0.2, 0.25) is 0 Å². The van der Waals surface area contributed by atoms with Crippen molar-refractivity contribution in [1.29, 1.82) is 0 Å². The lowest BCUT2D eigenvalue weighted by atomic mass is 10.1. The first-order valence-corrected chi connectivity index (χ1v) is 10.1. The highest BCUT2D eigenvalue weighted by molar-refractivity contribution is 6.00. The Balaban J connectivity index is 1.49. The number of ether oxygens (including phenoxy) is 1. The number of nitrogens with zero attached hydrogens (tertiary/aromatic N) is 4. The van der Waals surface area contributed by atoms with Crippen LogP contribution in [0.1, 0.15) is 20.7 Å². The molecular formula is C23H22F2N4O3. The molecule has 2 aromatic carbocycles. The van der Waals surface area contributed by atoms with Crippen LogP contribution in [0.15, 0.2) is 48.7 Å². The lowest BCUT2D eigenvalue weighted by molar-refractivity contribution is 0.0535. The van der Waals surface area contributed by atoms with Gasteiger partial charge in [-0.1, -0.05) is 6.07 Å². The number of carbonyl (C=O) groups is 2. The van der Waals surface area contributed by atoms with Crippen LogP contribution in [0, 0.1) is 11.6 Å². The molecule has 1 aliphatic rings. The Morgan fingerprint density at radius 1 is 0.969 bits per heavy atom. The van der Waals surface area contributed by atoms with Crippen LogP contribution in [0.25, 0.3) is 11.3 Å². The Labute approximate surface area is 183 Å². The van der Waals surface area contributed by atoms with Gasteiger partial charge in [0.05, 0.1) is 12.7 Å². The molecule has 0 unspecified atom stereocenters. The van der Waals surface area contributed by atoms with E-state index in [0.717, 1.165) is 12.1 Å². The highest BCUT2D eigenvalue weighted by Crippen LogP contribution is 2.27. The van der Waals surface area contributed by atoms with Gasteiger partial charge >= 0.3 is 0 Å². The summed E-state index contributed by atoms with van der Waals surface area (Å²) in [7, 11) is 3.17. The van der Waals surface area contributed by atoms with E-state index in [4.69, 9.17) is 4.74 Å². The normalized spacial score (nSPS) is 13.9. The Bertz CT molecular complexity index is 1170. The summed E-state index contributed by atoms with van der Waals surface area (Å²) in [6.07, 6.45) is 1.52. The number of aromatic nitrogens is 2. The number of hydrogen-bond donors (Lipinski definition) is 0. The Kier molecular flexibility index (Phi) is 5.89. The molecule has 0 spiro atoms. The van der Waals surface area contributed by atoms with Crippen molar-refractivity contribution in [1.82, 2.24) is 19.6 Å². The quantitative estimate of drug-likeness (QED) is 0.626. The lowest BCUT2D eigenvalue weighted by Crippen LogP contribution is -2.50. The number of methoxy groups -OCH3 is 1. The van der Waals surface area contributed by atoms with Crippen molar-refractivity contribution in [3.8, 4) is 17.0 Å². The summed E-state index contributed by atoms with van der Waals surface area (Å²) >= 11 is 0. The number of aryl methyl sites for hydroxylation is 1. The number of hydrogen-bond acceptors (Lipinski definition) is 4. The van der Waals surface area contributed by atoms with Crippen LogP contribution < -0.4 is 4.74 Å². The first-order chi connectivity index (χ1) is 15.4. The van der Waals surface area contributed by atoms with Gasteiger partial charge < -0.3 is 14.5 Å². The number of rotatable bonds is 4. The second kappa shape index (κ2) is 8.78. The van der Waals surface area contributed by atoms with E-state index in [1.807, 2.05) is 0 Å². The first-order valence-electron chi connectivity index (χ1n) is 10.1. The monoisotopic (exact) mass is 440 g/mol. The molecule has 32 heavy (non-hydrogen) atoms. The minimum absolute atomic E-state index is 0.0576. The number of benzene rings is 2. The first kappa shape index (κ1) is 21.5. The van der Waals surface area contributed by atoms with Crippen molar-refractivity contribution in [2.24, 2.45) is 7.05 Å². The highest BCUT2D eigenvalue weighted by Gasteiger charge is 2.29. The minimum Gasteiger partial charge on any atom is -0.497 e. The summed E-state index contributed by atoms with van der Waals surface area (Å²) in [5, 5.41) is 4.22. The zero-order valence-corrected chi connectivity index (χ0v) is 17.7. The molecule has 2 amide bonds. The molecule has 0 atom stereocenters. The summed E-state index contributed by atoms with van der Waals surface area (Å²) in [4.78, 5) is 29.3. The Morgan fingerprint density at radius 2 is 1.66 bits per heavy atom. The van der Waals surface area contributed by atoms with Crippen molar-refractivity contribution in [2.75, 3.05) is 33.3 Å². The molecule has 2 heterocycles. The Hall–Kier alpha value is -3.75. The molecule has 1 aliphatic heterocycles. The number of halogens is 2.